The van der Waals surface area contributed by atoms with Gasteiger partial charge in [0, 0.05) is 33.3 Å². The van der Waals surface area contributed by atoms with Crippen molar-refractivity contribution in [1.82, 2.24) is 0 Å². The highest BCUT2D eigenvalue weighted by atomic mass is 79.9. The van der Waals surface area contributed by atoms with Crippen LogP contribution < -0.4 is 10.2 Å². The van der Waals surface area contributed by atoms with Gasteiger partial charge in [-0.2, -0.15) is 0 Å². The molecule has 1 fully saturated rings. The quantitative estimate of drug-likeness (QED) is 0.702. The molecule has 130 valence electrons. The second-order valence-electron chi connectivity index (χ2n) is 6.27. The van der Waals surface area contributed by atoms with Crippen molar-refractivity contribution in [3.8, 4) is 0 Å². The van der Waals surface area contributed by atoms with Crippen LogP contribution in [-0.4, -0.2) is 18.4 Å². The molecule has 0 saturated carbocycles. The lowest BCUT2D eigenvalue weighted by molar-refractivity contribution is -0.125. The molecule has 2 aromatic carbocycles. The van der Waals surface area contributed by atoms with Crippen molar-refractivity contribution in [2.45, 2.75) is 13.3 Å². The van der Waals surface area contributed by atoms with Crippen molar-refractivity contribution in [2.75, 3.05) is 16.8 Å². The predicted octanol–water partition coefficient (Wildman–Crippen LogP) is 4.84. The zero-order chi connectivity index (χ0) is 18.0. The van der Waals surface area contributed by atoms with Crippen LogP contribution in [0, 0.1) is 11.8 Å². The van der Waals surface area contributed by atoms with Gasteiger partial charge in [0.2, 0.25) is 11.8 Å². The Kier molecular flexibility index (Phi) is 5.59. The molecular formula is C19H18Br2N2O2. The molecule has 2 aromatic rings. The van der Waals surface area contributed by atoms with E-state index in [2.05, 4.69) is 37.2 Å². The van der Waals surface area contributed by atoms with Gasteiger partial charge in [0.25, 0.3) is 0 Å². The van der Waals surface area contributed by atoms with E-state index in [9.17, 15) is 9.59 Å². The van der Waals surface area contributed by atoms with Crippen molar-refractivity contribution in [1.29, 1.82) is 0 Å². The topological polar surface area (TPSA) is 49.4 Å². The number of benzene rings is 2. The highest BCUT2D eigenvalue weighted by Crippen LogP contribution is 2.32. The van der Waals surface area contributed by atoms with Crippen LogP contribution in [0.15, 0.2) is 57.5 Å². The van der Waals surface area contributed by atoms with Gasteiger partial charge in [-0.1, -0.05) is 38.8 Å². The molecule has 4 nitrogen and oxygen atoms in total. The van der Waals surface area contributed by atoms with E-state index in [0.29, 0.717) is 6.54 Å². The summed E-state index contributed by atoms with van der Waals surface area (Å²) in [5.74, 6) is -0.281. The van der Waals surface area contributed by atoms with Crippen LogP contribution in [0.1, 0.15) is 13.3 Å². The van der Waals surface area contributed by atoms with E-state index in [1.54, 1.807) is 4.90 Å². The fourth-order valence-corrected chi connectivity index (χ4v) is 3.56. The van der Waals surface area contributed by atoms with Crippen LogP contribution in [0.2, 0.25) is 0 Å². The van der Waals surface area contributed by atoms with E-state index in [-0.39, 0.29) is 30.1 Å². The summed E-state index contributed by atoms with van der Waals surface area (Å²) in [6.07, 6.45) is 0.198. The lowest BCUT2D eigenvalue weighted by Gasteiger charge is -2.17. The average Bonchev–Trinajstić information content (AvgIpc) is 2.86. The zero-order valence-corrected chi connectivity index (χ0v) is 16.9. The molecule has 25 heavy (non-hydrogen) atoms. The summed E-state index contributed by atoms with van der Waals surface area (Å²) in [5.41, 5.74) is 1.60. The third-order valence-electron chi connectivity index (χ3n) is 4.41. The number of hydrogen-bond donors (Lipinski definition) is 1. The van der Waals surface area contributed by atoms with Crippen molar-refractivity contribution >= 4 is 55.0 Å². The van der Waals surface area contributed by atoms with Gasteiger partial charge < -0.3 is 10.2 Å². The van der Waals surface area contributed by atoms with Crippen molar-refractivity contribution in [2.24, 2.45) is 11.8 Å². The number of carbonyl (C=O) groups is 2. The first-order chi connectivity index (χ1) is 11.9. The molecule has 0 spiro atoms. The minimum atomic E-state index is -0.293. The molecular weight excluding hydrogens is 448 g/mol. The summed E-state index contributed by atoms with van der Waals surface area (Å²) in [7, 11) is 0. The molecule has 1 N–H and O–H groups in total. The zero-order valence-electron chi connectivity index (χ0n) is 13.7. The summed E-state index contributed by atoms with van der Waals surface area (Å²) < 4.78 is 1.93. The molecule has 3 rings (SSSR count). The number of amides is 2. The van der Waals surface area contributed by atoms with Crippen LogP contribution >= 0.6 is 31.9 Å². The molecule has 6 heteroatoms. The fraction of sp³-hybridized carbons (Fsp3) is 0.263. The first-order valence-corrected chi connectivity index (χ1v) is 9.65. The van der Waals surface area contributed by atoms with Gasteiger partial charge in [-0.25, -0.2) is 0 Å². The number of nitrogens with one attached hydrogen (secondary N) is 1. The molecule has 0 aliphatic carbocycles. The first-order valence-electron chi connectivity index (χ1n) is 8.06. The number of rotatable bonds is 4. The summed E-state index contributed by atoms with van der Waals surface area (Å²) in [4.78, 5) is 26.9. The van der Waals surface area contributed by atoms with Crippen molar-refractivity contribution in [3.05, 3.63) is 57.5 Å². The van der Waals surface area contributed by atoms with Crippen LogP contribution in [0.4, 0.5) is 11.4 Å². The maximum absolute atomic E-state index is 12.8. The number of hydrogen-bond acceptors (Lipinski definition) is 2. The number of halogens is 2. The average molecular weight is 466 g/mol. The predicted molar refractivity (Wildman–Crippen MR) is 107 cm³/mol. The largest absolute Gasteiger partial charge is 0.326 e. The van der Waals surface area contributed by atoms with Crippen LogP contribution in [0.25, 0.3) is 0 Å². The Morgan fingerprint density at radius 1 is 1.08 bits per heavy atom. The van der Waals surface area contributed by atoms with E-state index in [1.165, 1.54) is 0 Å². The van der Waals surface area contributed by atoms with Gasteiger partial charge in [-0.15, -0.1) is 0 Å². The molecule has 2 amide bonds. The Morgan fingerprint density at radius 3 is 2.24 bits per heavy atom. The molecule has 0 bridgehead atoms. The fourth-order valence-electron chi connectivity index (χ4n) is 3.04. The van der Waals surface area contributed by atoms with E-state index in [0.717, 1.165) is 20.3 Å². The third-order valence-corrected chi connectivity index (χ3v) is 5.47. The van der Waals surface area contributed by atoms with Gasteiger partial charge in [0.15, 0.2) is 0 Å². The maximum Gasteiger partial charge on any atom is 0.230 e. The monoisotopic (exact) mass is 464 g/mol. The molecule has 1 saturated heterocycles. The van der Waals surface area contributed by atoms with E-state index >= 15 is 0 Å². The first kappa shape index (κ1) is 18.1. The third kappa shape index (κ3) is 4.30. The highest BCUT2D eigenvalue weighted by Gasteiger charge is 2.39. The summed E-state index contributed by atoms with van der Waals surface area (Å²) in [5, 5.41) is 2.86. The lowest BCUT2D eigenvalue weighted by Crippen LogP contribution is -2.29. The Bertz CT molecular complexity index is 775. The van der Waals surface area contributed by atoms with E-state index < -0.39 is 0 Å². The molecule has 0 unspecified atom stereocenters. The van der Waals surface area contributed by atoms with Gasteiger partial charge in [-0.3, -0.25) is 9.59 Å². The van der Waals surface area contributed by atoms with Gasteiger partial charge >= 0.3 is 0 Å². The maximum atomic E-state index is 12.8. The number of nitrogens with zero attached hydrogens (tertiary/aromatic N) is 1. The molecule has 0 radical (unpaired) electrons. The van der Waals surface area contributed by atoms with E-state index in [4.69, 9.17) is 0 Å². The second kappa shape index (κ2) is 7.70. The molecule has 1 aliphatic heterocycles. The molecule has 1 aliphatic rings. The van der Waals surface area contributed by atoms with Gasteiger partial charge in [-0.05, 0) is 54.4 Å². The van der Waals surface area contributed by atoms with Crippen molar-refractivity contribution < 1.29 is 9.59 Å². The summed E-state index contributed by atoms with van der Waals surface area (Å²) >= 11 is 6.77. The van der Waals surface area contributed by atoms with Crippen LogP contribution in [-0.2, 0) is 9.59 Å². The van der Waals surface area contributed by atoms with Crippen LogP contribution in [0.3, 0.4) is 0 Å². The molecule has 2 atom stereocenters. The molecule has 1 heterocycles. The van der Waals surface area contributed by atoms with Gasteiger partial charge in [0.05, 0.1) is 5.92 Å². The minimum Gasteiger partial charge on any atom is -0.326 e. The lowest BCUT2D eigenvalue weighted by atomic mass is 9.94. The Hall–Kier alpha value is -1.66. The highest BCUT2D eigenvalue weighted by molar-refractivity contribution is 9.10. The number of carbonyl (C=O) groups excluding carboxylic acids is 2. The molecule has 0 aromatic heterocycles. The Labute approximate surface area is 163 Å². The minimum absolute atomic E-state index is 0.0146. The standard InChI is InChI=1S/C19H18Br2N2O2/c1-12-11-23(16-8-4-14(21)5-9-16)19(25)17(12)10-18(24)22-15-6-2-13(20)3-7-15/h2-9,12,17H,10-11H2,1H3,(H,22,24)/t12-,17-/m0/s1. The SMILES string of the molecule is C[C@H]1CN(c2ccc(Br)cc2)C(=O)[C@H]1CC(=O)Nc1ccc(Br)cc1. The smallest absolute Gasteiger partial charge is 0.230 e. The van der Waals surface area contributed by atoms with Crippen molar-refractivity contribution in [3.63, 3.8) is 0 Å². The second-order valence-corrected chi connectivity index (χ2v) is 8.10. The number of anilines is 2. The summed E-state index contributed by atoms with van der Waals surface area (Å²) in [6.45, 7) is 2.66. The normalized spacial score (nSPS) is 20.0. The Morgan fingerprint density at radius 2 is 1.64 bits per heavy atom. The summed E-state index contributed by atoms with van der Waals surface area (Å²) in [6, 6.07) is 15.1. The van der Waals surface area contributed by atoms with Gasteiger partial charge in [0.1, 0.15) is 0 Å². The van der Waals surface area contributed by atoms with Crippen LogP contribution in [0.5, 0.6) is 0 Å². The Balaban J connectivity index is 1.66. The van der Waals surface area contributed by atoms with E-state index in [1.807, 2.05) is 55.5 Å².